The molecule has 3 aromatic carbocycles. The van der Waals surface area contributed by atoms with Gasteiger partial charge in [0.05, 0.1) is 31.8 Å². The van der Waals surface area contributed by atoms with Crippen molar-refractivity contribution >= 4 is 11.9 Å². The smallest absolute Gasteiger partial charge is 0.303 e. The maximum absolute atomic E-state index is 12.0. The molecule has 0 saturated carbocycles. The van der Waals surface area contributed by atoms with Gasteiger partial charge in [-0.2, -0.15) is 0 Å². The van der Waals surface area contributed by atoms with Gasteiger partial charge in [-0.05, 0) is 59.3 Å². The summed E-state index contributed by atoms with van der Waals surface area (Å²) in [6.45, 7) is 2.87. The van der Waals surface area contributed by atoms with E-state index in [1.54, 1.807) is 7.11 Å². The Morgan fingerprint density at radius 1 is 0.955 bits per heavy atom. The van der Waals surface area contributed by atoms with Crippen molar-refractivity contribution in [2.75, 3.05) is 26.8 Å². The van der Waals surface area contributed by atoms with Crippen molar-refractivity contribution in [3.05, 3.63) is 95.1 Å². The number of amides is 1. The van der Waals surface area contributed by atoms with Gasteiger partial charge in [-0.3, -0.25) is 14.5 Å². The Morgan fingerprint density at radius 3 is 2.48 bits per heavy atom. The maximum atomic E-state index is 12.0. The van der Waals surface area contributed by atoms with E-state index in [1.165, 1.54) is 0 Å². The van der Waals surface area contributed by atoms with Crippen LogP contribution in [0.25, 0.3) is 11.1 Å². The molecule has 234 valence electrons. The number of hydrogen-bond acceptors (Lipinski definition) is 7. The number of nitrogens with zero attached hydrogens (tertiary/aromatic N) is 1. The van der Waals surface area contributed by atoms with E-state index in [0.717, 1.165) is 65.7 Å². The number of benzene rings is 3. The molecule has 2 aliphatic heterocycles. The lowest BCUT2D eigenvalue weighted by Crippen LogP contribution is -2.42. The number of hydrogen-bond donors (Lipinski definition) is 3. The molecule has 9 heteroatoms. The van der Waals surface area contributed by atoms with Crippen LogP contribution < -0.4 is 5.32 Å². The van der Waals surface area contributed by atoms with E-state index >= 15 is 0 Å². The number of carboxylic acid groups (broad SMARTS) is 1. The van der Waals surface area contributed by atoms with Crippen LogP contribution in [0.2, 0.25) is 0 Å². The highest BCUT2D eigenvalue weighted by Gasteiger charge is 2.35. The number of methoxy groups -OCH3 is 1. The number of aliphatic carboxylic acids is 1. The van der Waals surface area contributed by atoms with Gasteiger partial charge in [-0.15, -0.1) is 0 Å². The summed E-state index contributed by atoms with van der Waals surface area (Å²) < 4.78 is 18.7. The molecular formula is C35H42N2O7. The molecule has 3 N–H and O–H groups in total. The average Bonchev–Trinajstić information content (AvgIpc) is 3.49. The van der Waals surface area contributed by atoms with Crippen LogP contribution >= 0.6 is 0 Å². The van der Waals surface area contributed by atoms with Gasteiger partial charge in [0.1, 0.15) is 0 Å². The highest BCUT2D eigenvalue weighted by molar-refractivity contribution is 5.80. The van der Waals surface area contributed by atoms with Crippen LogP contribution in [0.3, 0.4) is 0 Å². The SMILES string of the molecule is COCC1CCCN1CC1CC(c2ccc(CO)cc2)OC(c2cccc(-c3cccc(CNC(=O)CCC(=O)O)c3)c2)O1. The Morgan fingerprint density at radius 2 is 1.73 bits per heavy atom. The number of ether oxygens (including phenoxy) is 3. The zero-order chi connectivity index (χ0) is 30.9. The Kier molecular flexibility index (Phi) is 11.1. The molecule has 0 radical (unpaired) electrons. The fraction of sp³-hybridized carbons (Fsp3) is 0.429. The molecule has 1 amide bonds. The maximum Gasteiger partial charge on any atom is 0.303 e. The predicted octanol–water partition coefficient (Wildman–Crippen LogP) is 4.98. The Hall–Kier alpha value is -3.60. The first-order valence-corrected chi connectivity index (χ1v) is 15.3. The fourth-order valence-electron chi connectivity index (χ4n) is 6.05. The quantitative estimate of drug-likeness (QED) is 0.251. The molecule has 5 rings (SSSR count). The van der Waals surface area contributed by atoms with Gasteiger partial charge in [0.2, 0.25) is 5.91 Å². The molecule has 4 atom stereocenters. The first-order valence-electron chi connectivity index (χ1n) is 15.3. The minimum Gasteiger partial charge on any atom is -0.481 e. The number of likely N-dealkylation sites (tertiary alicyclic amines) is 1. The van der Waals surface area contributed by atoms with Gasteiger partial charge in [0.25, 0.3) is 0 Å². The third-order valence-electron chi connectivity index (χ3n) is 8.39. The number of carbonyl (C=O) groups excluding carboxylic acids is 1. The summed E-state index contributed by atoms with van der Waals surface area (Å²) in [7, 11) is 1.75. The molecule has 3 aromatic rings. The zero-order valence-electron chi connectivity index (χ0n) is 25.2. The van der Waals surface area contributed by atoms with Crippen LogP contribution in [-0.2, 0) is 37.0 Å². The molecule has 2 heterocycles. The van der Waals surface area contributed by atoms with E-state index in [-0.39, 0.29) is 37.6 Å². The molecule has 44 heavy (non-hydrogen) atoms. The second-order valence-corrected chi connectivity index (χ2v) is 11.6. The summed E-state index contributed by atoms with van der Waals surface area (Å²) in [5.74, 6) is -1.28. The minimum atomic E-state index is -0.989. The van der Waals surface area contributed by atoms with Crippen LogP contribution in [0.1, 0.15) is 66.8 Å². The highest BCUT2D eigenvalue weighted by Crippen LogP contribution is 2.39. The average molecular weight is 603 g/mol. The second-order valence-electron chi connectivity index (χ2n) is 11.6. The Labute approximate surface area is 258 Å². The monoisotopic (exact) mass is 602 g/mol. The minimum absolute atomic E-state index is 0.00109. The number of aliphatic hydroxyl groups is 1. The van der Waals surface area contributed by atoms with Crippen molar-refractivity contribution in [1.82, 2.24) is 10.2 Å². The molecule has 0 aliphatic carbocycles. The second kappa shape index (κ2) is 15.4. The summed E-state index contributed by atoms with van der Waals surface area (Å²) in [6, 6.07) is 24.4. The molecule has 0 spiro atoms. The molecule has 2 aliphatic rings. The van der Waals surface area contributed by atoms with E-state index in [9.17, 15) is 14.7 Å². The van der Waals surface area contributed by atoms with Crippen LogP contribution in [-0.4, -0.2) is 65.9 Å². The van der Waals surface area contributed by atoms with Crippen molar-refractivity contribution in [2.24, 2.45) is 0 Å². The predicted molar refractivity (Wildman–Crippen MR) is 165 cm³/mol. The molecule has 9 nitrogen and oxygen atoms in total. The van der Waals surface area contributed by atoms with Crippen molar-refractivity contribution in [2.45, 2.75) is 69.8 Å². The zero-order valence-corrected chi connectivity index (χ0v) is 25.2. The summed E-state index contributed by atoms with van der Waals surface area (Å²) in [6.07, 6.45) is 2.01. The first-order chi connectivity index (χ1) is 21.4. The molecule has 0 bridgehead atoms. The van der Waals surface area contributed by atoms with Gasteiger partial charge in [-0.25, -0.2) is 0 Å². The third-order valence-corrected chi connectivity index (χ3v) is 8.39. The lowest BCUT2D eigenvalue weighted by Gasteiger charge is -2.39. The van der Waals surface area contributed by atoms with Crippen LogP contribution in [0.5, 0.6) is 0 Å². The van der Waals surface area contributed by atoms with Crippen molar-refractivity contribution in [3.8, 4) is 11.1 Å². The summed E-state index contributed by atoms with van der Waals surface area (Å²) in [5, 5.41) is 21.1. The molecular weight excluding hydrogens is 560 g/mol. The number of carbonyl (C=O) groups is 2. The van der Waals surface area contributed by atoms with Crippen LogP contribution in [0, 0.1) is 0 Å². The van der Waals surface area contributed by atoms with E-state index in [4.69, 9.17) is 19.3 Å². The largest absolute Gasteiger partial charge is 0.481 e. The number of rotatable bonds is 13. The number of nitrogens with one attached hydrogen (secondary N) is 1. The Bertz CT molecular complexity index is 1400. The summed E-state index contributed by atoms with van der Waals surface area (Å²) >= 11 is 0. The standard InChI is InChI=1S/C35H42N2O7/c1-42-23-30-9-4-16-37(30)21-31-19-32(26-12-10-24(22-38)11-13-26)44-35(43-31)29-8-3-7-28(18-29)27-6-2-5-25(17-27)20-36-33(39)14-15-34(40)41/h2-3,5-8,10-13,17-18,30-32,35,38H,4,9,14-16,19-23H2,1H3,(H,36,39)(H,40,41). The van der Waals surface area contributed by atoms with Crippen molar-refractivity contribution in [1.29, 1.82) is 0 Å². The molecule has 0 aromatic heterocycles. The van der Waals surface area contributed by atoms with Crippen molar-refractivity contribution in [3.63, 3.8) is 0 Å². The topological polar surface area (TPSA) is 118 Å². The lowest BCUT2D eigenvalue weighted by molar-refractivity contribution is -0.253. The fourth-order valence-corrected chi connectivity index (χ4v) is 6.05. The van der Waals surface area contributed by atoms with Gasteiger partial charge < -0.3 is 29.7 Å². The Balaban J connectivity index is 1.33. The molecule has 2 fully saturated rings. The van der Waals surface area contributed by atoms with Gasteiger partial charge in [-0.1, -0.05) is 60.7 Å². The van der Waals surface area contributed by atoms with E-state index in [2.05, 4.69) is 16.3 Å². The van der Waals surface area contributed by atoms with E-state index < -0.39 is 12.3 Å². The normalized spacial score (nSPS) is 22.1. The third kappa shape index (κ3) is 8.52. The van der Waals surface area contributed by atoms with Crippen LogP contribution in [0.15, 0.2) is 72.8 Å². The molecule has 4 unspecified atom stereocenters. The van der Waals surface area contributed by atoms with Gasteiger partial charge in [0, 0.05) is 44.6 Å². The first kappa shape index (κ1) is 31.8. The molecule has 2 saturated heterocycles. The van der Waals surface area contributed by atoms with Crippen LogP contribution in [0.4, 0.5) is 0 Å². The van der Waals surface area contributed by atoms with E-state index in [1.807, 2.05) is 66.7 Å². The van der Waals surface area contributed by atoms with E-state index in [0.29, 0.717) is 19.2 Å². The summed E-state index contributed by atoms with van der Waals surface area (Å²) in [4.78, 5) is 25.3. The number of carboxylic acids is 1. The van der Waals surface area contributed by atoms with Crippen molar-refractivity contribution < 1.29 is 34.0 Å². The van der Waals surface area contributed by atoms with Gasteiger partial charge in [0.15, 0.2) is 6.29 Å². The number of aliphatic hydroxyl groups excluding tert-OH is 1. The lowest BCUT2D eigenvalue weighted by atomic mass is 9.98. The summed E-state index contributed by atoms with van der Waals surface area (Å²) in [5.41, 5.74) is 5.76. The van der Waals surface area contributed by atoms with Gasteiger partial charge >= 0.3 is 5.97 Å². The highest BCUT2D eigenvalue weighted by atomic mass is 16.7.